The Morgan fingerprint density at radius 3 is 2.89 bits per heavy atom. The average molecular weight is 262 g/mol. The van der Waals surface area contributed by atoms with Gasteiger partial charge in [-0.25, -0.2) is 14.4 Å². The standard InChI is InChI=1S/C13H15FN4O/c1-18(11-4-2-3-10(14)7-11)13-8-12(15-5-6-19)16-9-17-13/h2-4,7-9,19H,5-6H2,1H3,(H,15,16,17). The molecule has 0 saturated heterocycles. The van der Waals surface area contributed by atoms with E-state index in [4.69, 9.17) is 5.11 Å². The van der Waals surface area contributed by atoms with Crippen molar-refractivity contribution >= 4 is 17.3 Å². The van der Waals surface area contributed by atoms with E-state index in [2.05, 4.69) is 15.3 Å². The summed E-state index contributed by atoms with van der Waals surface area (Å²) in [5, 5.41) is 11.7. The maximum absolute atomic E-state index is 13.2. The number of benzene rings is 1. The molecule has 0 spiro atoms. The van der Waals surface area contributed by atoms with Crippen molar-refractivity contribution in [2.24, 2.45) is 0 Å². The molecule has 0 radical (unpaired) electrons. The minimum absolute atomic E-state index is 0.0269. The molecule has 0 aliphatic carbocycles. The maximum atomic E-state index is 13.2. The molecule has 6 heteroatoms. The summed E-state index contributed by atoms with van der Waals surface area (Å²) in [7, 11) is 1.80. The summed E-state index contributed by atoms with van der Waals surface area (Å²) in [6.07, 6.45) is 1.42. The number of hydrogen-bond donors (Lipinski definition) is 2. The Kier molecular flexibility index (Phi) is 4.25. The van der Waals surface area contributed by atoms with E-state index in [0.717, 1.165) is 0 Å². The third kappa shape index (κ3) is 3.38. The van der Waals surface area contributed by atoms with Crippen LogP contribution < -0.4 is 10.2 Å². The second-order valence-electron chi connectivity index (χ2n) is 3.95. The van der Waals surface area contributed by atoms with Gasteiger partial charge in [0.15, 0.2) is 0 Å². The number of aromatic nitrogens is 2. The number of hydrogen-bond acceptors (Lipinski definition) is 5. The Hall–Kier alpha value is -2.21. The van der Waals surface area contributed by atoms with Crippen LogP contribution in [0.3, 0.4) is 0 Å². The van der Waals surface area contributed by atoms with E-state index in [1.165, 1.54) is 18.5 Å². The Labute approximate surface area is 110 Å². The topological polar surface area (TPSA) is 61.3 Å². The summed E-state index contributed by atoms with van der Waals surface area (Å²) < 4.78 is 13.2. The Balaban J connectivity index is 2.21. The van der Waals surface area contributed by atoms with Crippen LogP contribution in [0.1, 0.15) is 0 Å². The van der Waals surface area contributed by atoms with E-state index < -0.39 is 0 Å². The van der Waals surface area contributed by atoms with Crippen LogP contribution in [0, 0.1) is 5.82 Å². The van der Waals surface area contributed by atoms with E-state index in [-0.39, 0.29) is 12.4 Å². The van der Waals surface area contributed by atoms with Gasteiger partial charge in [-0.2, -0.15) is 0 Å². The van der Waals surface area contributed by atoms with Gasteiger partial charge in [0.2, 0.25) is 0 Å². The molecular weight excluding hydrogens is 247 g/mol. The zero-order valence-corrected chi connectivity index (χ0v) is 10.5. The second-order valence-corrected chi connectivity index (χ2v) is 3.95. The molecule has 2 rings (SSSR count). The molecule has 2 N–H and O–H groups in total. The van der Waals surface area contributed by atoms with E-state index in [9.17, 15) is 4.39 Å². The van der Waals surface area contributed by atoms with Crippen molar-refractivity contribution in [3.8, 4) is 0 Å². The molecule has 0 saturated carbocycles. The smallest absolute Gasteiger partial charge is 0.138 e. The highest BCUT2D eigenvalue weighted by Crippen LogP contribution is 2.23. The molecule has 0 atom stereocenters. The summed E-state index contributed by atoms with van der Waals surface area (Å²) >= 11 is 0. The normalized spacial score (nSPS) is 10.3. The van der Waals surface area contributed by atoms with Gasteiger partial charge >= 0.3 is 0 Å². The highest BCUT2D eigenvalue weighted by Gasteiger charge is 2.07. The molecule has 1 heterocycles. The number of rotatable bonds is 5. The third-order valence-corrected chi connectivity index (χ3v) is 2.61. The zero-order chi connectivity index (χ0) is 13.7. The van der Waals surface area contributed by atoms with E-state index in [0.29, 0.717) is 23.9 Å². The van der Waals surface area contributed by atoms with Crippen molar-refractivity contribution in [1.29, 1.82) is 0 Å². The lowest BCUT2D eigenvalue weighted by Crippen LogP contribution is -2.13. The SMILES string of the molecule is CN(c1cccc(F)c1)c1cc(NCCO)ncn1. The predicted molar refractivity (Wildman–Crippen MR) is 72.1 cm³/mol. The molecule has 0 fully saturated rings. The molecule has 5 nitrogen and oxygen atoms in total. The molecular formula is C13H15FN4O. The van der Waals surface area contributed by atoms with Crippen molar-refractivity contribution in [2.45, 2.75) is 0 Å². The lowest BCUT2D eigenvalue weighted by atomic mass is 10.3. The van der Waals surface area contributed by atoms with Gasteiger partial charge in [-0.05, 0) is 18.2 Å². The van der Waals surface area contributed by atoms with Crippen molar-refractivity contribution in [3.63, 3.8) is 0 Å². The van der Waals surface area contributed by atoms with Crippen LogP contribution in [0.4, 0.5) is 21.7 Å². The Morgan fingerprint density at radius 1 is 1.32 bits per heavy atom. The number of aliphatic hydroxyl groups is 1. The molecule has 1 aromatic heterocycles. The first-order valence-corrected chi connectivity index (χ1v) is 5.87. The van der Waals surface area contributed by atoms with Crippen LogP contribution in [0.5, 0.6) is 0 Å². The number of aliphatic hydroxyl groups excluding tert-OH is 1. The number of halogens is 1. The Bertz CT molecular complexity index is 550. The van der Waals surface area contributed by atoms with Gasteiger partial charge in [0.05, 0.1) is 6.61 Å². The average Bonchev–Trinajstić information content (AvgIpc) is 2.44. The molecule has 0 unspecified atom stereocenters. The fraction of sp³-hybridized carbons (Fsp3) is 0.231. The van der Waals surface area contributed by atoms with Crippen LogP contribution in [0.2, 0.25) is 0 Å². The van der Waals surface area contributed by atoms with E-state index in [1.54, 1.807) is 30.1 Å². The molecule has 2 aromatic rings. The predicted octanol–water partition coefficient (Wildman–Crippen LogP) is 1.79. The molecule has 0 bridgehead atoms. The van der Waals surface area contributed by atoms with Crippen LogP contribution in [0.15, 0.2) is 36.7 Å². The summed E-state index contributed by atoms with van der Waals surface area (Å²) in [5.74, 6) is 0.959. The molecule has 0 aliphatic rings. The number of anilines is 3. The number of nitrogens with one attached hydrogen (secondary N) is 1. The third-order valence-electron chi connectivity index (χ3n) is 2.61. The summed E-state index contributed by atoms with van der Waals surface area (Å²) in [4.78, 5) is 9.94. The quantitative estimate of drug-likeness (QED) is 0.860. The molecule has 1 aromatic carbocycles. The second kappa shape index (κ2) is 6.10. The lowest BCUT2D eigenvalue weighted by Gasteiger charge is -2.18. The van der Waals surface area contributed by atoms with Crippen LogP contribution in [-0.2, 0) is 0 Å². The monoisotopic (exact) mass is 262 g/mol. The van der Waals surface area contributed by atoms with Gasteiger partial charge in [-0.3, -0.25) is 0 Å². The highest BCUT2D eigenvalue weighted by atomic mass is 19.1. The largest absolute Gasteiger partial charge is 0.395 e. The fourth-order valence-corrected chi connectivity index (χ4v) is 1.63. The number of nitrogens with zero attached hydrogens (tertiary/aromatic N) is 3. The summed E-state index contributed by atoms with van der Waals surface area (Å²) in [5.41, 5.74) is 0.701. The van der Waals surface area contributed by atoms with Crippen molar-refractivity contribution in [3.05, 3.63) is 42.5 Å². The van der Waals surface area contributed by atoms with Crippen LogP contribution >= 0.6 is 0 Å². The van der Waals surface area contributed by atoms with Gasteiger partial charge in [-0.15, -0.1) is 0 Å². The molecule has 100 valence electrons. The van der Waals surface area contributed by atoms with Gasteiger partial charge in [0, 0.05) is 25.3 Å². The molecule has 0 aliphatic heterocycles. The lowest BCUT2D eigenvalue weighted by molar-refractivity contribution is 0.311. The minimum Gasteiger partial charge on any atom is -0.395 e. The van der Waals surface area contributed by atoms with E-state index >= 15 is 0 Å². The van der Waals surface area contributed by atoms with Gasteiger partial charge in [0.1, 0.15) is 23.8 Å². The van der Waals surface area contributed by atoms with Crippen molar-refractivity contribution in [1.82, 2.24) is 9.97 Å². The zero-order valence-electron chi connectivity index (χ0n) is 10.5. The van der Waals surface area contributed by atoms with Gasteiger partial charge in [-0.1, -0.05) is 6.07 Å². The first kappa shape index (κ1) is 13.2. The summed E-state index contributed by atoms with van der Waals surface area (Å²) in [6, 6.07) is 8.01. The van der Waals surface area contributed by atoms with Crippen molar-refractivity contribution < 1.29 is 9.50 Å². The summed E-state index contributed by atoms with van der Waals surface area (Å²) in [6.45, 7) is 0.444. The van der Waals surface area contributed by atoms with Gasteiger partial charge in [0.25, 0.3) is 0 Å². The fourth-order valence-electron chi connectivity index (χ4n) is 1.63. The van der Waals surface area contributed by atoms with Crippen LogP contribution in [0.25, 0.3) is 0 Å². The van der Waals surface area contributed by atoms with Crippen LogP contribution in [-0.4, -0.2) is 35.3 Å². The first-order chi connectivity index (χ1) is 9.20. The minimum atomic E-state index is -0.294. The van der Waals surface area contributed by atoms with Gasteiger partial charge < -0.3 is 15.3 Å². The highest BCUT2D eigenvalue weighted by molar-refractivity contribution is 5.61. The molecule has 19 heavy (non-hydrogen) atoms. The first-order valence-electron chi connectivity index (χ1n) is 5.87. The Morgan fingerprint density at radius 2 is 2.16 bits per heavy atom. The molecule has 0 amide bonds. The van der Waals surface area contributed by atoms with E-state index in [1.807, 2.05) is 0 Å². The maximum Gasteiger partial charge on any atom is 0.138 e. The van der Waals surface area contributed by atoms with Crippen molar-refractivity contribution in [2.75, 3.05) is 30.4 Å².